The van der Waals surface area contributed by atoms with E-state index in [9.17, 15) is 8.42 Å². The zero-order valence-electron chi connectivity index (χ0n) is 24.1. The molecule has 216 valence electrons. The van der Waals surface area contributed by atoms with Crippen LogP contribution in [0.4, 0.5) is 23.1 Å². The van der Waals surface area contributed by atoms with Gasteiger partial charge in [-0.15, -0.1) is 0 Å². The van der Waals surface area contributed by atoms with E-state index in [2.05, 4.69) is 46.1 Å². The molecule has 1 fully saturated rings. The third-order valence-corrected chi connectivity index (χ3v) is 10.3. The van der Waals surface area contributed by atoms with E-state index in [-0.39, 0.29) is 11.0 Å². The molecule has 41 heavy (non-hydrogen) atoms. The maximum atomic E-state index is 13.1. The number of piperidine rings is 1. The molecule has 2 aromatic heterocycles. The van der Waals surface area contributed by atoms with E-state index in [1.807, 2.05) is 6.92 Å². The van der Waals surface area contributed by atoms with Gasteiger partial charge < -0.3 is 20.7 Å². The van der Waals surface area contributed by atoms with Gasteiger partial charge in [-0.05, 0) is 95.8 Å². The molecule has 0 aliphatic carbocycles. The van der Waals surface area contributed by atoms with Gasteiger partial charge in [-0.3, -0.25) is 5.10 Å². The Kier molecular flexibility index (Phi) is 7.11. The third-order valence-electron chi connectivity index (χ3n) is 8.10. The van der Waals surface area contributed by atoms with Gasteiger partial charge >= 0.3 is 0 Å². The number of anilines is 4. The fourth-order valence-corrected chi connectivity index (χ4v) is 7.26. The van der Waals surface area contributed by atoms with Crippen molar-refractivity contribution in [3.8, 4) is 5.75 Å². The molecule has 1 saturated heterocycles. The van der Waals surface area contributed by atoms with Crippen LogP contribution in [0.1, 0.15) is 61.9 Å². The van der Waals surface area contributed by atoms with Gasteiger partial charge in [-0.2, -0.15) is 15.1 Å². The van der Waals surface area contributed by atoms with Gasteiger partial charge in [-0.1, -0.05) is 12.1 Å². The molecule has 2 aliphatic rings. The first kappa shape index (κ1) is 27.5. The Labute approximate surface area is 240 Å². The van der Waals surface area contributed by atoms with Crippen LogP contribution < -0.4 is 20.7 Å². The van der Waals surface area contributed by atoms with Crippen LogP contribution >= 0.6 is 0 Å². The Morgan fingerprint density at radius 3 is 2.56 bits per heavy atom. The lowest BCUT2D eigenvalue weighted by Crippen LogP contribution is -2.27. The smallest absolute Gasteiger partial charge is 0.231 e. The average molecular weight is 576 g/mol. The maximum Gasteiger partial charge on any atom is 0.231 e. The molecular weight excluding hydrogens is 538 g/mol. The normalized spacial score (nSPS) is 17.6. The quantitative estimate of drug-likeness (QED) is 0.228. The monoisotopic (exact) mass is 575 g/mol. The van der Waals surface area contributed by atoms with Gasteiger partial charge in [0.1, 0.15) is 17.7 Å². The molecule has 2 aromatic carbocycles. The number of hydrogen-bond donors (Lipinski definition) is 4. The number of nitrogens with one attached hydrogen (secondary N) is 4. The van der Waals surface area contributed by atoms with Crippen molar-refractivity contribution in [2.45, 2.75) is 76.0 Å². The Morgan fingerprint density at radius 2 is 1.80 bits per heavy atom. The minimum Gasteiger partial charge on any atom is -0.488 e. The molecule has 0 radical (unpaired) electrons. The molecule has 0 unspecified atom stereocenters. The summed E-state index contributed by atoms with van der Waals surface area (Å²) in [5.41, 5.74) is 6.45. The molecule has 11 heteroatoms. The second-order valence-electron chi connectivity index (χ2n) is 11.4. The minimum atomic E-state index is -3.53. The summed E-state index contributed by atoms with van der Waals surface area (Å²) in [4.78, 5) is 9.74. The Bertz CT molecular complexity index is 1730. The van der Waals surface area contributed by atoms with Crippen molar-refractivity contribution in [2.75, 3.05) is 23.7 Å². The van der Waals surface area contributed by atoms with Crippen molar-refractivity contribution in [1.29, 1.82) is 0 Å². The summed E-state index contributed by atoms with van der Waals surface area (Å²) >= 11 is 0. The van der Waals surface area contributed by atoms with E-state index in [1.54, 1.807) is 38.1 Å². The Morgan fingerprint density at radius 1 is 1.05 bits per heavy atom. The molecule has 6 rings (SSSR count). The summed E-state index contributed by atoms with van der Waals surface area (Å²) in [6.07, 6.45) is 3.20. The van der Waals surface area contributed by atoms with Gasteiger partial charge in [0.15, 0.2) is 15.5 Å². The van der Waals surface area contributed by atoms with E-state index in [0.717, 1.165) is 49.5 Å². The van der Waals surface area contributed by atoms with Crippen LogP contribution in [-0.2, 0) is 16.3 Å². The summed E-state index contributed by atoms with van der Waals surface area (Å²) in [7, 11) is -3.53. The second-order valence-corrected chi connectivity index (χ2v) is 13.9. The molecule has 4 N–H and O–H groups in total. The molecule has 1 atom stereocenters. The summed E-state index contributed by atoms with van der Waals surface area (Å²) in [6, 6.07) is 9.03. The fraction of sp³-hybridized carbons (Fsp3) is 0.433. The lowest BCUT2D eigenvalue weighted by Gasteiger charge is -2.27. The summed E-state index contributed by atoms with van der Waals surface area (Å²) in [5, 5.41) is 17.7. The fourth-order valence-electron chi connectivity index (χ4n) is 6.06. The molecule has 10 nitrogen and oxygen atoms in total. The first-order valence-corrected chi connectivity index (χ1v) is 15.8. The number of aryl methyl sites for hydroxylation is 2. The number of benzene rings is 2. The summed E-state index contributed by atoms with van der Waals surface area (Å²) in [6.45, 7) is 11.6. The number of aromatic nitrogens is 4. The van der Waals surface area contributed by atoms with Crippen LogP contribution in [0.15, 0.2) is 35.2 Å². The predicted octanol–water partition coefficient (Wildman–Crippen LogP) is 5.43. The van der Waals surface area contributed by atoms with E-state index in [1.165, 1.54) is 16.7 Å². The number of sulfone groups is 1. The van der Waals surface area contributed by atoms with Crippen LogP contribution in [0.25, 0.3) is 11.0 Å². The van der Waals surface area contributed by atoms with Crippen LogP contribution in [-0.4, -0.2) is 53.0 Å². The number of aromatic amines is 1. The highest BCUT2D eigenvalue weighted by atomic mass is 32.2. The molecule has 0 bridgehead atoms. The molecule has 0 spiro atoms. The van der Waals surface area contributed by atoms with Crippen LogP contribution in [0.2, 0.25) is 0 Å². The SMILES string of the molecule is Cc1cc(Nc2nc(Nc3ccccc3S(=O)(=O)C(C)C)c3c(C)[nH]nc3n2)c2c(c1C1CCNCC1)C[C@H](C)O2. The standard InChI is InChI=1S/C30H37N7O3S/c1-16(2)41(38,39)24-9-7-6-8-22(24)32-28-26-19(5)36-37-29(26)35-30(34-28)33-23-14-17(3)25(20-10-12-31-13-11-20)21-15-18(4)40-27(21)23/h6-9,14,16,18,20,31H,10-13,15H2,1-5H3,(H3,32,33,34,35,36,37)/t18-/m0/s1. The van der Waals surface area contributed by atoms with Gasteiger partial charge in [0.2, 0.25) is 5.95 Å². The maximum absolute atomic E-state index is 13.1. The van der Waals surface area contributed by atoms with Crippen molar-refractivity contribution < 1.29 is 13.2 Å². The Balaban J connectivity index is 1.41. The summed E-state index contributed by atoms with van der Waals surface area (Å²) in [5.74, 6) is 2.19. The van der Waals surface area contributed by atoms with Crippen LogP contribution in [0, 0.1) is 13.8 Å². The van der Waals surface area contributed by atoms with E-state index >= 15 is 0 Å². The Hall–Kier alpha value is -3.70. The highest BCUT2D eigenvalue weighted by Gasteiger charge is 2.31. The molecule has 2 aliphatic heterocycles. The number of hydrogen-bond acceptors (Lipinski definition) is 9. The van der Waals surface area contributed by atoms with E-state index < -0.39 is 15.1 Å². The molecule has 4 aromatic rings. The van der Waals surface area contributed by atoms with Crippen molar-refractivity contribution in [1.82, 2.24) is 25.5 Å². The van der Waals surface area contributed by atoms with Gasteiger partial charge in [0.25, 0.3) is 0 Å². The topological polar surface area (TPSA) is 134 Å². The second kappa shape index (κ2) is 10.6. The number of para-hydroxylation sites is 1. The average Bonchev–Trinajstić information content (AvgIpc) is 3.51. The molecular formula is C30H37N7O3S. The number of rotatable bonds is 7. The lowest BCUT2D eigenvalue weighted by atomic mass is 9.83. The predicted molar refractivity (Wildman–Crippen MR) is 162 cm³/mol. The zero-order valence-corrected chi connectivity index (χ0v) is 24.9. The van der Waals surface area contributed by atoms with Gasteiger partial charge in [0.05, 0.1) is 26.9 Å². The molecule has 0 saturated carbocycles. The van der Waals surface area contributed by atoms with Gasteiger partial charge in [0, 0.05) is 17.7 Å². The lowest BCUT2D eigenvalue weighted by molar-refractivity contribution is 0.256. The van der Waals surface area contributed by atoms with Crippen molar-refractivity contribution in [2.24, 2.45) is 0 Å². The van der Waals surface area contributed by atoms with Gasteiger partial charge in [-0.25, -0.2) is 8.42 Å². The van der Waals surface area contributed by atoms with E-state index in [4.69, 9.17) is 14.7 Å². The molecule has 4 heterocycles. The highest BCUT2D eigenvalue weighted by Crippen LogP contribution is 2.45. The van der Waals surface area contributed by atoms with E-state index in [0.29, 0.717) is 34.4 Å². The number of H-pyrrole nitrogens is 1. The highest BCUT2D eigenvalue weighted by molar-refractivity contribution is 7.92. The largest absolute Gasteiger partial charge is 0.488 e. The first-order chi connectivity index (χ1) is 19.6. The number of ether oxygens (including phenoxy) is 1. The van der Waals surface area contributed by atoms with Crippen LogP contribution in [0.3, 0.4) is 0 Å². The number of nitrogens with zero attached hydrogens (tertiary/aromatic N) is 3. The summed E-state index contributed by atoms with van der Waals surface area (Å²) < 4.78 is 32.6. The molecule has 0 amide bonds. The third kappa shape index (κ3) is 5.01. The zero-order chi connectivity index (χ0) is 28.9. The van der Waals surface area contributed by atoms with Crippen molar-refractivity contribution >= 4 is 44.0 Å². The first-order valence-electron chi connectivity index (χ1n) is 14.3. The number of fused-ring (bicyclic) bond motifs is 2. The minimum absolute atomic E-state index is 0.0850. The van der Waals surface area contributed by atoms with Crippen molar-refractivity contribution in [3.05, 3.63) is 52.7 Å². The van der Waals surface area contributed by atoms with Crippen molar-refractivity contribution in [3.63, 3.8) is 0 Å². The van der Waals surface area contributed by atoms with Crippen LogP contribution in [0.5, 0.6) is 5.75 Å².